The van der Waals surface area contributed by atoms with Crippen molar-refractivity contribution in [3.63, 3.8) is 0 Å². The van der Waals surface area contributed by atoms with Crippen LogP contribution in [0.2, 0.25) is 0 Å². The highest BCUT2D eigenvalue weighted by Gasteiger charge is 2.23. The first-order valence-electron chi connectivity index (χ1n) is 9.34. The number of carbonyl (C=O) groups excluding carboxylic acids is 1. The van der Waals surface area contributed by atoms with E-state index in [0.29, 0.717) is 36.1 Å². The lowest BCUT2D eigenvalue weighted by molar-refractivity contribution is -0.907. The number of nitrogens with one attached hydrogen (secondary N) is 2. The first-order valence-corrected chi connectivity index (χ1v) is 9.34. The molecular weight excluding hydrogens is 360 g/mol. The minimum Gasteiger partial charge on any atom is -0.493 e. The maximum atomic E-state index is 12.7. The molecule has 28 heavy (non-hydrogen) atoms. The molecule has 0 saturated carbocycles. The average Bonchev–Trinajstić information content (AvgIpc) is 3.16. The van der Waals surface area contributed by atoms with E-state index >= 15 is 0 Å². The zero-order valence-corrected chi connectivity index (χ0v) is 16.7. The summed E-state index contributed by atoms with van der Waals surface area (Å²) in [5.74, 6) is 2.70. The van der Waals surface area contributed by atoms with E-state index in [2.05, 4.69) is 5.32 Å². The topological polar surface area (TPSA) is 70.5 Å². The molecule has 0 aliphatic carbocycles. The molecule has 0 bridgehead atoms. The lowest BCUT2D eigenvalue weighted by Gasteiger charge is -2.21. The Bertz CT molecular complexity index is 840. The molecule has 1 aliphatic heterocycles. The molecule has 1 aliphatic rings. The first kappa shape index (κ1) is 19.8. The van der Waals surface area contributed by atoms with Crippen molar-refractivity contribution in [2.75, 3.05) is 32.9 Å². The van der Waals surface area contributed by atoms with Gasteiger partial charge in [0.25, 0.3) is 5.91 Å². The van der Waals surface area contributed by atoms with Crippen LogP contribution in [0.15, 0.2) is 36.4 Å². The third-order valence-corrected chi connectivity index (χ3v) is 4.78. The smallest absolute Gasteiger partial charge is 0.282 e. The van der Waals surface area contributed by atoms with Crippen molar-refractivity contribution in [3.05, 3.63) is 42.0 Å². The fraction of sp³-hybridized carbons (Fsp3) is 0.381. The summed E-state index contributed by atoms with van der Waals surface area (Å²) in [6.07, 6.45) is 0. The molecule has 1 heterocycles. The van der Waals surface area contributed by atoms with E-state index in [-0.39, 0.29) is 18.7 Å². The molecule has 3 rings (SSSR count). The molecule has 2 aromatic carbocycles. The molecule has 0 radical (unpaired) electrons. The Morgan fingerprint density at radius 3 is 2.71 bits per heavy atom. The maximum Gasteiger partial charge on any atom is 0.282 e. The van der Waals surface area contributed by atoms with Crippen LogP contribution in [0, 0.1) is 0 Å². The lowest BCUT2D eigenvalue weighted by atomic mass is 10.1. The highest BCUT2D eigenvalue weighted by atomic mass is 16.7. The van der Waals surface area contributed by atoms with Gasteiger partial charge in [-0.15, -0.1) is 0 Å². The Hall–Kier alpha value is -2.93. The Labute approximate surface area is 165 Å². The normalized spacial score (nSPS) is 14.3. The van der Waals surface area contributed by atoms with Crippen LogP contribution < -0.4 is 29.2 Å². The number of hydrogen-bond acceptors (Lipinski definition) is 5. The second kappa shape index (κ2) is 8.84. The molecule has 7 nitrogen and oxygen atoms in total. The van der Waals surface area contributed by atoms with Gasteiger partial charge in [0.05, 0.1) is 20.8 Å². The van der Waals surface area contributed by atoms with Gasteiger partial charge in [0, 0.05) is 17.3 Å². The molecule has 0 aromatic heterocycles. The molecule has 2 atom stereocenters. The first-order chi connectivity index (χ1) is 13.5. The van der Waals surface area contributed by atoms with E-state index in [9.17, 15) is 4.79 Å². The third-order valence-electron chi connectivity index (χ3n) is 4.78. The van der Waals surface area contributed by atoms with E-state index in [1.165, 1.54) is 0 Å². The largest absolute Gasteiger partial charge is 0.493 e. The molecule has 2 N–H and O–H groups in total. The van der Waals surface area contributed by atoms with E-state index in [4.69, 9.17) is 18.9 Å². The van der Waals surface area contributed by atoms with Crippen LogP contribution in [0.5, 0.6) is 23.0 Å². The number of ether oxygens (including phenoxy) is 4. The molecule has 1 amide bonds. The Kier molecular flexibility index (Phi) is 6.26. The predicted octanol–water partition coefficient (Wildman–Crippen LogP) is 1.86. The van der Waals surface area contributed by atoms with Crippen molar-refractivity contribution in [1.29, 1.82) is 0 Å². The zero-order chi connectivity index (χ0) is 20.1. The number of rotatable bonds is 8. The van der Waals surface area contributed by atoms with Gasteiger partial charge in [0.2, 0.25) is 6.79 Å². The second-order valence-electron chi connectivity index (χ2n) is 6.72. The molecule has 150 valence electrons. The van der Waals surface area contributed by atoms with Gasteiger partial charge in [-0.1, -0.05) is 0 Å². The van der Waals surface area contributed by atoms with Crippen molar-refractivity contribution >= 4 is 11.6 Å². The SMILES string of the molecule is CCOc1ccc(C[NH+](C)[C@H](C)C(=O)Nc2ccc3c(c2)OCO3)cc1OC. The maximum absolute atomic E-state index is 12.7. The summed E-state index contributed by atoms with van der Waals surface area (Å²) in [6.45, 7) is 5.31. The van der Waals surface area contributed by atoms with Crippen LogP contribution in [-0.2, 0) is 11.3 Å². The van der Waals surface area contributed by atoms with Crippen LogP contribution in [0.1, 0.15) is 19.4 Å². The fourth-order valence-electron chi connectivity index (χ4n) is 3.02. The monoisotopic (exact) mass is 387 g/mol. The predicted molar refractivity (Wildman–Crippen MR) is 105 cm³/mol. The summed E-state index contributed by atoms with van der Waals surface area (Å²) in [4.78, 5) is 13.7. The van der Waals surface area contributed by atoms with E-state index in [1.807, 2.05) is 45.2 Å². The van der Waals surface area contributed by atoms with Crippen molar-refractivity contribution in [2.24, 2.45) is 0 Å². The minimum atomic E-state index is -0.247. The van der Waals surface area contributed by atoms with Crippen LogP contribution in [0.25, 0.3) is 0 Å². The van der Waals surface area contributed by atoms with Crippen LogP contribution in [0.4, 0.5) is 5.69 Å². The third kappa shape index (κ3) is 4.48. The fourth-order valence-corrected chi connectivity index (χ4v) is 3.02. The van der Waals surface area contributed by atoms with Crippen LogP contribution in [-0.4, -0.2) is 39.5 Å². The number of hydrogen-bond donors (Lipinski definition) is 2. The van der Waals surface area contributed by atoms with Crippen molar-refractivity contribution < 1.29 is 28.6 Å². The Morgan fingerprint density at radius 2 is 1.96 bits per heavy atom. The lowest BCUT2D eigenvalue weighted by Crippen LogP contribution is -3.12. The molecular formula is C21H27N2O5+. The highest BCUT2D eigenvalue weighted by molar-refractivity contribution is 5.93. The number of anilines is 1. The Morgan fingerprint density at radius 1 is 1.18 bits per heavy atom. The van der Waals surface area contributed by atoms with Gasteiger partial charge < -0.3 is 29.2 Å². The van der Waals surface area contributed by atoms with Gasteiger partial charge in [-0.05, 0) is 44.2 Å². The molecule has 1 unspecified atom stereocenters. The molecule has 7 heteroatoms. The van der Waals surface area contributed by atoms with E-state index in [0.717, 1.165) is 16.2 Å². The molecule has 2 aromatic rings. The van der Waals surface area contributed by atoms with E-state index in [1.54, 1.807) is 19.2 Å². The summed E-state index contributed by atoms with van der Waals surface area (Å²) in [6, 6.07) is 11.0. The van der Waals surface area contributed by atoms with Crippen LogP contribution >= 0.6 is 0 Å². The Balaban J connectivity index is 1.62. The summed E-state index contributed by atoms with van der Waals surface area (Å²) >= 11 is 0. The number of benzene rings is 2. The van der Waals surface area contributed by atoms with Gasteiger partial charge in [-0.2, -0.15) is 0 Å². The zero-order valence-electron chi connectivity index (χ0n) is 16.7. The summed E-state index contributed by atoms with van der Waals surface area (Å²) < 4.78 is 21.6. The molecule has 0 fully saturated rings. The van der Waals surface area contributed by atoms with Crippen molar-refractivity contribution in [3.8, 4) is 23.0 Å². The van der Waals surface area contributed by atoms with Gasteiger partial charge in [0.15, 0.2) is 29.0 Å². The van der Waals surface area contributed by atoms with Crippen molar-refractivity contribution in [1.82, 2.24) is 0 Å². The number of carbonyl (C=O) groups is 1. The van der Waals surface area contributed by atoms with Crippen LogP contribution in [0.3, 0.4) is 0 Å². The number of likely N-dealkylation sites (N-methyl/N-ethyl adjacent to an activating group) is 1. The summed E-state index contributed by atoms with van der Waals surface area (Å²) in [5.41, 5.74) is 1.76. The van der Waals surface area contributed by atoms with Gasteiger partial charge >= 0.3 is 0 Å². The number of quaternary nitrogens is 1. The van der Waals surface area contributed by atoms with Crippen molar-refractivity contribution in [2.45, 2.75) is 26.4 Å². The minimum absolute atomic E-state index is 0.0609. The van der Waals surface area contributed by atoms with Gasteiger partial charge in [-0.25, -0.2) is 0 Å². The number of amides is 1. The number of fused-ring (bicyclic) bond motifs is 1. The summed E-state index contributed by atoms with van der Waals surface area (Å²) in [7, 11) is 3.62. The molecule has 0 spiro atoms. The standard InChI is InChI=1S/C21H26N2O5/c1-5-26-17-8-6-15(10-19(17)25-4)12-23(3)14(2)21(24)22-16-7-9-18-20(11-16)28-13-27-18/h6-11,14H,5,12-13H2,1-4H3,(H,22,24)/p+1/t14-/m1/s1. The number of methoxy groups -OCH3 is 1. The highest BCUT2D eigenvalue weighted by Crippen LogP contribution is 2.34. The van der Waals surface area contributed by atoms with Gasteiger partial charge in [0.1, 0.15) is 6.54 Å². The molecule has 0 saturated heterocycles. The van der Waals surface area contributed by atoms with Gasteiger partial charge in [-0.3, -0.25) is 4.79 Å². The second-order valence-corrected chi connectivity index (χ2v) is 6.72. The average molecular weight is 387 g/mol. The van der Waals surface area contributed by atoms with E-state index < -0.39 is 0 Å². The quantitative estimate of drug-likeness (QED) is 0.724. The summed E-state index contributed by atoms with van der Waals surface area (Å²) in [5, 5.41) is 2.95.